The molecule has 0 aliphatic carbocycles. The summed E-state index contributed by atoms with van der Waals surface area (Å²) < 4.78 is 27.4. The molecule has 7 nitrogen and oxygen atoms in total. The number of Topliss-reactive ketones (excluding diaryl/α,β-unsaturated/α-hetero) is 1. The molecular weight excluding hydrogens is 402 g/mol. The Bertz CT molecular complexity index is 983. The van der Waals surface area contributed by atoms with Crippen molar-refractivity contribution in [1.29, 1.82) is 0 Å². The molecule has 2 aromatic carbocycles. The third-order valence-electron chi connectivity index (χ3n) is 5.30. The molecule has 1 aliphatic rings. The number of aryl methyl sites for hydroxylation is 1. The fraction of sp³-hybridized carbons (Fsp3) is 0.364. The molecule has 0 saturated carbocycles. The number of urea groups is 1. The number of likely N-dealkylation sites (N-methyl/N-ethyl adjacent to an activating group) is 1. The van der Waals surface area contributed by atoms with E-state index in [4.69, 9.17) is 0 Å². The van der Waals surface area contributed by atoms with Gasteiger partial charge < -0.3 is 9.80 Å². The zero-order valence-electron chi connectivity index (χ0n) is 17.3. The van der Waals surface area contributed by atoms with E-state index in [-0.39, 0.29) is 4.90 Å². The molecule has 0 aromatic heterocycles. The van der Waals surface area contributed by atoms with Gasteiger partial charge >= 0.3 is 6.03 Å². The normalized spacial score (nSPS) is 15.1. The Labute approximate surface area is 177 Å². The lowest BCUT2D eigenvalue weighted by molar-refractivity contribution is 0.0945. The van der Waals surface area contributed by atoms with Gasteiger partial charge in [-0.1, -0.05) is 55.0 Å². The van der Waals surface area contributed by atoms with E-state index in [1.54, 1.807) is 42.5 Å². The Morgan fingerprint density at radius 3 is 2.10 bits per heavy atom. The third-order valence-corrected chi connectivity index (χ3v) is 7.03. The number of amides is 2. The van der Waals surface area contributed by atoms with Crippen molar-refractivity contribution in [1.82, 2.24) is 14.1 Å². The fourth-order valence-corrected chi connectivity index (χ4v) is 4.69. The summed E-state index contributed by atoms with van der Waals surface area (Å²) >= 11 is 0. The number of sulfonamides is 1. The second kappa shape index (κ2) is 9.40. The van der Waals surface area contributed by atoms with Gasteiger partial charge in [0.2, 0.25) is 0 Å². The first-order valence-corrected chi connectivity index (χ1v) is 11.5. The maximum atomic E-state index is 13.3. The first-order chi connectivity index (χ1) is 14.3. The van der Waals surface area contributed by atoms with E-state index >= 15 is 0 Å². The van der Waals surface area contributed by atoms with Gasteiger partial charge in [-0.25, -0.2) is 17.5 Å². The van der Waals surface area contributed by atoms with Crippen molar-refractivity contribution in [2.24, 2.45) is 0 Å². The Morgan fingerprint density at radius 1 is 0.933 bits per heavy atom. The lowest BCUT2D eigenvalue weighted by Crippen LogP contribution is -2.54. The average Bonchev–Trinajstić information content (AvgIpc) is 2.77. The van der Waals surface area contributed by atoms with Gasteiger partial charge in [0, 0.05) is 31.7 Å². The van der Waals surface area contributed by atoms with Crippen LogP contribution in [0.1, 0.15) is 22.8 Å². The largest absolute Gasteiger partial charge is 0.334 e. The van der Waals surface area contributed by atoms with Crippen LogP contribution in [0.2, 0.25) is 0 Å². The van der Waals surface area contributed by atoms with Crippen LogP contribution in [0.25, 0.3) is 0 Å². The maximum Gasteiger partial charge on any atom is 0.334 e. The van der Waals surface area contributed by atoms with Crippen LogP contribution < -0.4 is 0 Å². The number of hydrogen-bond donors (Lipinski definition) is 0. The van der Waals surface area contributed by atoms with E-state index in [1.807, 2.05) is 13.8 Å². The van der Waals surface area contributed by atoms with Crippen LogP contribution in [0.4, 0.5) is 4.79 Å². The van der Waals surface area contributed by atoms with Gasteiger partial charge in [0.15, 0.2) is 5.78 Å². The zero-order chi connectivity index (χ0) is 21.7. The molecule has 0 radical (unpaired) electrons. The smallest absolute Gasteiger partial charge is 0.321 e. The van der Waals surface area contributed by atoms with Crippen molar-refractivity contribution in [3.05, 3.63) is 65.7 Å². The molecule has 160 valence electrons. The first-order valence-electron chi connectivity index (χ1n) is 10.0. The van der Waals surface area contributed by atoms with Crippen LogP contribution in [-0.2, 0) is 10.0 Å². The number of carbonyl (C=O) groups excluding carboxylic acids is 2. The number of hydrogen-bond acceptors (Lipinski definition) is 5. The predicted molar refractivity (Wildman–Crippen MR) is 115 cm³/mol. The second-order valence-electron chi connectivity index (χ2n) is 7.32. The summed E-state index contributed by atoms with van der Waals surface area (Å²) in [5.41, 5.74) is 1.27. The number of piperazine rings is 1. The molecule has 30 heavy (non-hydrogen) atoms. The second-order valence-corrected chi connectivity index (χ2v) is 9.18. The Kier molecular flexibility index (Phi) is 6.89. The number of carbonyl (C=O) groups is 2. The van der Waals surface area contributed by atoms with E-state index in [9.17, 15) is 18.0 Å². The van der Waals surface area contributed by atoms with Crippen molar-refractivity contribution in [3.8, 4) is 0 Å². The van der Waals surface area contributed by atoms with Crippen LogP contribution in [0.5, 0.6) is 0 Å². The standard InChI is InChI=1S/C22H27N3O4S/c1-3-23-13-15-24(16-14-23)22(27)25(17-21(26)19-7-5-4-6-8-19)30(28,29)20-11-9-18(2)10-12-20/h4-12H,3,13-17H2,1-2H3. The molecule has 1 fully saturated rings. The SMILES string of the molecule is CCN1CCN(C(=O)N(CC(=O)c2ccccc2)S(=O)(=O)c2ccc(C)cc2)CC1. The van der Waals surface area contributed by atoms with E-state index in [2.05, 4.69) is 4.90 Å². The average molecular weight is 430 g/mol. The summed E-state index contributed by atoms with van der Waals surface area (Å²) in [5.74, 6) is -0.424. The molecule has 0 unspecified atom stereocenters. The highest BCUT2D eigenvalue weighted by Gasteiger charge is 2.35. The molecule has 1 saturated heterocycles. The number of ketones is 1. The summed E-state index contributed by atoms with van der Waals surface area (Å²) in [4.78, 5) is 29.7. The molecule has 0 N–H and O–H groups in total. The van der Waals surface area contributed by atoms with Crippen LogP contribution in [0.3, 0.4) is 0 Å². The van der Waals surface area contributed by atoms with Crippen LogP contribution >= 0.6 is 0 Å². The van der Waals surface area contributed by atoms with E-state index < -0.39 is 28.4 Å². The minimum atomic E-state index is -4.18. The maximum absolute atomic E-state index is 13.3. The third kappa shape index (κ3) is 4.88. The molecule has 2 amide bonds. The van der Waals surface area contributed by atoms with Gasteiger partial charge in [-0.3, -0.25) is 4.79 Å². The highest BCUT2D eigenvalue weighted by molar-refractivity contribution is 7.89. The molecule has 2 aromatic rings. The number of nitrogens with zero attached hydrogens (tertiary/aromatic N) is 3. The first kappa shape index (κ1) is 22.0. The minimum absolute atomic E-state index is 0.00509. The van der Waals surface area contributed by atoms with Crippen molar-refractivity contribution in [2.75, 3.05) is 39.3 Å². The molecule has 8 heteroatoms. The van der Waals surface area contributed by atoms with Crippen molar-refractivity contribution in [2.45, 2.75) is 18.7 Å². The van der Waals surface area contributed by atoms with Crippen LogP contribution in [-0.4, -0.2) is 73.6 Å². The van der Waals surface area contributed by atoms with Crippen LogP contribution in [0, 0.1) is 6.92 Å². The molecule has 1 aliphatic heterocycles. The molecule has 0 spiro atoms. The number of benzene rings is 2. The Balaban J connectivity index is 1.91. The molecule has 0 atom stereocenters. The Morgan fingerprint density at radius 2 is 1.53 bits per heavy atom. The highest BCUT2D eigenvalue weighted by atomic mass is 32.2. The zero-order valence-corrected chi connectivity index (χ0v) is 18.1. The van der Waals surface area contributed by atoms with Gasteiger partial charge in [0.1, 0.15) is 6.54 Å². The lowest BCUT2D eigenvalue weighted by Gasteiger charge is -2.36. The lowest BCUT2D eigenvalue weighted by atomic mass is 10.1. The fourth-order valence-electron chi connectivity index (χ4n) is 3.35. The van der Waals surface area contributed by atoms with Crippen molar-refractivity contribution >= 4 is 21.8 Å². The summed E-state index contributed by atoms with van der Waals surface area (Å²) in [5, 5.41) is 0. The topological polar surface area (TPSA) is 78.0 Å². The predicted octanol–water partition coefficient (Wildman–Crippen LogP) is 2.63. The summed E-state index contributed by atoms with van der Waals surface area (Å²) in [7, 11) is -4.18. The summed E-state index contributed by atoms with van der Waals surface area (Å²) in [6.45, 7) is 6.43. The molecule has 0 bridgehead atoms. The van der Waals surface area contributed by atoms with Gasteiger partial charge in [-0.2, -0.15) is 0 Å². The molecule has 1 heterocycles. The monoisotopic (exact) mass is 429 g/mol. The van der Waals surface area contributed by atoms with E-state index in [1.165, 1.54) is 17.0 Å². The Hall–Kier alpha value is -2.71. The van der Waals surface area contributed by atoms with Gasteiger partial charge in [0.05, 0.1) is 4.90 Å². The van der Waals surface area contributed by atoms with Gasteiger partial charge in [-0.05, 0) is 25.6 Å². The number of rotatable bonds is 6. The van der Waals surface area contributed by atoms with Gasteiger partial charge in [-0.15, -0.1) is 0 Å². The summed E-state index contributed by atoms with van der Waals surface area (Å²) in [6, 6.07) is 14.0. The van der Waals surface area contributed by atoms with E-state index in [0.29, 0.717) is 36.0 Å². The quantitative estimate of drug-likeness (QED) is 0.660. The van der Waals surface area contributed by atoms with E-state index in [0.717, 1.165) is 12.1 Å². The van der Waals surface area contributed by atoms with Crippen LogP contribution in [0.15, 0.2) is 59.5 Å². The van der Waals surface area contributed by atoms with Gasteiger partial charge in [0.25, 0.3) is 10.0 Å². The van der Waals surface area contributed by atoms with Crippen molar-refractivity contribution < 1.29 is 18.0 Å². The highest BCUT2D eigenvalue weighted by Crippen LogP contribution is 2.20. The van der Waals surface area contributed by atoms with Crippen molar-refractivity contribution in [3.63, 3.8) is 0 Å². The minimum Gasteiger partial charge on any atom is -0.321 e. The molecule has 3 rings (SSSR count). The molecular formula is C22H27N3O4S. The summed E-state index contributed by atoms with van der Waals surface area (Å²) in [6.07, 6.45) is 0.